The molecule has 0 fully saturated rings. The van der Waals surface area contributed by atoms with Crippen LogP contribution in [0.4, 0.5) is 11.4 Å². The summed E-state index contributed by atoms with van der Waals surface area (Å²) in [7, 11) is -3.07. The maximum atomic E-state index is 14.6. The highest BCUT2D eigenvalue weighted by molar-refractivity contribution is 7.92. The first-order valence-electron chi connectivity index (χ1n) is 15.3. The van der Waals surface area contributed by atoms with Crippen LogP contribution in [0.2, 0.25) is 0 Å². The number of benzene rings is 4. The third-order valence-corrected chi connectivity index (χ3v) is 9.34. The summed E-state index contributed by atoms with van der Waals surface area (Å²) in [6.07, 6.45) is 0.167. The van der Waals surface area contributed by atoms with Gasteiger partial charge in [-0.15, -0.1) is 0 Å². The number of sulfonamides is 1. The number of amides is 2. The van der Waals surface area contributed by atoms with Gasteiger partial charge in [0.2, 0.25) is 11.8 Å². The van der Waals surface area contributed by atoms with E-state index in [4.69, 9.17) is 4.74 Å². The van der Waals surface area contributed by atoms with Crippen molar-refractivity contribution in [3.8, 4) is 5.75 Å². The van der Waals surface area contributed by atoms with E-state index in [1.807, 2.05) is 81.4 Å². The highest BCUT2D eigenvalue weighted by Gasteiger charge is 2.36. The summed E-state index contributed by atoms with van der Waals surface area (Å²) in [5.41, 5.74) is 0.972. The Hall–Kier alpha value is -5.23. The Balaban J connectivity index is 1.84. The summed E-state index contributed by atoms with van der Waals surface area (Å²) in [5.74, 6) is -0.589. The fraction of sp³-hybridized carbons (Fsp3) is 0.278. The second-order valence-corrected chi connectivity index (χ2v) is 14.2. The first-order valence-corrected chi connectivity index (χ1v) is 16.7. The number of hydrogen-bond acceptors (Lipinski definition) is 7. The summed E-state index contributed by atoms with van der Waals surface area (Å²) in [5, 5.41) is 14.7. The summed E-state index contributed by atoms with van der Waals surface area (Å²) in [6.45, 7) is 6.35. The highest BCUT2D eigenvalue weighted by atomic mass is 32.2. The van der Waals surface area contributed by atoms with Crippen LogP contribution < -0.4 is 14.4 Å². The molecule has 0 aliphatic carbocycles. The van der Waals surface area contributed by atoms with Crippen molar-refractivity contribution >= 4 is 33.2 Å². The van der Waals surface area contributed by atoms with Gasteiger partial charge in [-0.3, -0.25) is 24.0 Å². The molecule has 48 heavy (non-hydrogen) atoms. The normalized spacial score (nSPS) is 12.1. The van der Waals surface area contributed by atoms with Crippen molar-refractivity contribution in [3.05, 3.63) is 130 Å². The standard InChI is InChI=1S/C36H40N4O7S/c1-26-16-21-31(23-32(26)40(43)44)48(45,46)39(29-17-19-30(47-5)20-18-29)25-34(41)38(24-28-14-10-7-11-15-28)33(35(42)37-36(2,3)4)22-27-12-8-6-9-13-27/h6-21,23,33H,22,24-25H2,1-5H3,(H,37,42)/t33-/m0/s1. The Labute approximate surface area is 281 Å². The van der Waals surface area contributed by atoms with E-state index in [2.05, 4.69) is 5.32 Å². The number of nitro groups is 1. The van der Waals surface area contributed by atoms with Gasteiger partial charge in [0.05, 0.1) is 22.6 Å². The number of nitrogens with zero attached hydrogens (tertiary/aromatic N) is 3. The van der Waals surface area contributed by atoms with Crippen LogP contribution in [0.25, 0.3) is 0 Å². The molecule has 0 bridgehead atoms. The lowest BCUT2D eigenvalue weighted by Gasteiger charge is -2.35. The van der Waals surface area contributed by atoms with Crippen molar-refractivity contribution in [1.82, 2.24) is 10.2 Å². The summed E-state index contributed by atoms with van der Waals surface area (Å²) >= 11 is 0. The molecule has 0 aliphatic rings. The Morgan fingerprint density at radius 2 is 1.48 bits per heavy atom. The summed E-state index contributed by atoms with van der Waals surface area (Å²) in [4.78, 5) is 40.6. The topological polar surface area (TPSA) is 139 Å². The number of rotatable bonds is 13. The van der Waals surface area contributed by atoms with Crippen molar-refractivity contribution < 1.29 is 27.7 Å². The van der Waals surface area contributed by atoms with E-state index >= 15 is 0 Å². The molecule has 4 rings (SSSR count). The zero-order chi connectivity index (χ0) is 35.1. The number of nitro benzene ring substituents is 1. The highest BCUT2D eigenvalue weighted by Crippen LogP contribution is 2.30. The lowest BCUT2D eigenvalue weighted by molar-refractivity contribution is -0.385. The average Bonchev–Trinajstić information content (AvgIpc) is 3.05. The van der Waals surface area contributed by atoms with Crippen LogP contribution in [0.3, 0.4) is 0 Å². The molecule has 252 valence electrons. The van der Waals surface area contributed by atoms with Gasteiger partial charge in [0.15, 0.2) is 0 Å². The Morgan fingerprint density at radius 1 is 0.896 bits per heavy atom. The second-order valence-electron chi connectivity index (χ2n) is 12.4. The van der Waals surface area contributed by atoms with Gasteiger partial charge < -0.3 is 15.0 Å². The van der Waals surface area contributed by atoms with Crippen LogP contribution in [-0.2, 0) is 32.6 Å². The molecule has 0 heterocycles. The molecule has 1 atom stereocenters. The SMILES string of the molecule is COc1ccc(N(CC(=O)N(Cc2ccccc2)[C@@H](Cc2ccccc2)C(=O)NC(C)(C)C)S(=O)(=O)c2ccc(C)c([N+](=O)[O-])c2)cc1. The maximum Gasteiger partial charge on any atom is 0.273 e. The smallest absolute Gasteiger partial charge is 0.273 e. The number of carbonyl (C=O) groups is 2. The van der Waals surface area contributed by atoms with E-state index in [-0.39, 0.29) is 34.8 Å². The van der Waals surface area contributed by atoms with Crippen LogP contribution in [-0.4, -0.2) is 55.3 Å². The molecule has 0 aliphatic heterocycles. The zero-order valence-electron chi connectivity index (χ0n) is 27.6. The van der Waals surface area contributed by atoms with E-state index in [1.54, 1.807) is 12.1 Å². The molecule has 4 aromatic rings. The van der Waals surface area contributed by atoms with E-state index in [9.17, 15) is 28.1 Å². The van der Waals surface area contributed by atoms with Gasteiger partial charge in [0, 0.05) is 30.1 Å². The summed E-state index contributed by atoms with van der Waals surface area (Å²) < 4.78 is 34.7. The first-order chi connectivity index (χ1) is 22.7. The number of aryl methyl sites for hydroxylation is 1. The van der Waals surface area contributed by atoms with Crippen molar-refractivity contribution in [3.63, 3.8) is 0 Å². The van der Waals surface area contributed by atoms with Crippen LogP contribution in [0.5, 0.6) is 5.75 Å². The third kappa shape index (κ3) is 8.97. The van der Waals surface area contributed by atoms with Gasteiger partial charge >= 0.3 is 0 Å². The largest absolute Gasteiger partial charge is 0.497 e. The molecule has 0 spiro atoms. The van der Waals surface area contributed by atoms with Gasteiger partial charge in [0.25, 0.3) is 15.7 Å². The quantitative estimate of drug-likeness (QED) is 0.143. The molecular formula is C36H40N4O7S. The average molecular weight is 673 g/mol. The van der Waals surface area contributed by atoms with Gasteiger partial charge in [-0.1, -0.05) is 66.7 Å². The molecule has 11 nitrogen and oxygen atoms in total. The number of nitrogens with one attached hydrogen (secondary N) is 1. The van der Waals surface area contributed by atoms with Crippen molar-refractivity contribution in [2.75, 3.05) is 18.0 Å². The van der Waals surface area contributed by atoms with Crippen LogP contribution in [0.1, 0.15) is 37.5 Å². The van der Waals surface area contributed by atoms with E-state index in [0.717, 1.165) is 21.5 Å². The molecule has 0 aromatic heterocycles. The molecule has 0 radical (unpaired) electrons. The van der Waals surface area contributed by atoms with Gasteiger partial charge in [-0.25, -0.2) is 8.42 Å². The van der Waals surface area contributed by atoms with Crippen LogP contribution in [0.15, 0.2) is 108 Å². The van der Waals surface area contributed by atoms with Gasteiger partial charge in [0.1, 0.15) is 18.3 Å². The van der Waals surface area contributed by atoms with Gasteiger partial charge in [-0.05, 0) is 69.2 Å². The van der Waals surface area contributed by atoms with E-state index < -0.39 is 44.9 Å². The van der Waals surface area contributed by atoms with Gasteiger partial charge in [-0.2, -0.15) is 0 Å². The Morgan fingerprint density at radius 3 is 2.02 bits per heavy atom. The van der Waals surface area contributed by atoms with Crippen molar-refractivity contribution in [1.29, 1.82) is 0 Å². The molecule has 0 saturated carbocycles. The first kappa shape index (κ1) is 35.6. The molecule has 2 amide bonds. The van der Waals surface area contributed by atoms with Crippen molar-refractivity contribution in [2.24, 2.45) is 0 Å². The predicted molar refractivity (Wildman–Crippen MR) is 184 cm³/mol. The molecule has 12 heteroatoms. The van der Waals surface area contributed by atoms with Crippen LogP contribution in [0, 0.1) is 17.0 Å². The number of hydrogen-bond donors (Lipinski definition) is 1. The lowest BCUT2D eigenvalue weighted by atomic mass is 10.0. The number of anilines is 1. The minimum Gasteiger partial charge on any atom is -0.497 e. The van der Waals surface area contributed by atoms with Crippen molar-refractivity contribution in [2.45, 2.75) is 57.1 Å². The van der Waals surface area contributed by atoms with E-state index in [1.165, 1.54) is 43.2 Å². The third-order valence-electron chi connectivity index (χ3n) is 7.57. The molecule has 0 unspecified atom stereocenters. The number of carbonyl (C=O) groups excluding carboxylic acids is 2. The fourth-order valence-electron chi connectivity index (χ4n) is 5.14. The van der Waals surface area contributed by atoms with Crippen LogP contribution >= 0.6 is 0 Å². The fourth-order valence-corrected chi connectivity index (χ4v) is 6.57. The molecule has 1 N–H and O–H groups in total. The van der Waals surface area contributed by atoms with E-state index in [0.29, 0.717) is 5.75 Å². The Kier molecular flexibility index (Phi) is 11.2. The molecule has 0 saturated heterocycles. The molecular weight excluding hydrogens is 632 g/mol. The zero-order valence-corrected chi connectivity index (χ0v) is 28.4. The Bertz CT molecular complexity index is 1840. The number of ether oxygens (including phenoxy) is 1. The number of methoxy groups -OCH3 is 1. The lowest BCUT2D eigenvalue weighted by Crippen LogP contribution is -2.56. The minimum atomic E-state index is -4.54. The molecule has 4 aromatic carbocycles. The second kappa shape index (κ2) is 15.1. The monoisotopic (exact) mass is 672 g/mol. The minimum absolute atomic E-state index is 0.0151. The summed E-state index contributed by atoms with van der Waals surface area (Å²) in [6, 6.07) is 27.1. The maximum absolute atomic E-state index is 14.6. The predicted octanol–water partition coefficient (Wildman–Crippen LogP) is 5.66.